The van der Waals surface area contributed by atoms with Crippen molar-refractivity contribution in [1.29, 1.82) is 0 Å². The molecular formula is C18H16O10. The van der Waals surface area contributed by atoms with Crippen LogP contribution in [0.25, 0.3) is 0 Å². The van der Waals surface area contributed by atoms with Gasteiger partial charge in [0.2, 0.25) is 5.41 Å². The molecule has 0 amide bonds. The van der Waals surface area contributed by atoms with E-state index in [1.807, 2.05) is 0 Å². The van der Waals surface area contributed by atoms with Crippen LogP contribution in [0.4, 0.5) is 0 Å². The number of aliphatic carboxylic acids is 2. The molecule has 1 aliphatic rings. The molecule has 1 aliphatic carbocycles. The van der Waals surface area contributed by atoms with Gasteiger partial charge in [0.05, 0.1) is 0 Å². The number of ether oxygens (including phenoxy) is 3. The molecule has 10 nitrogen and oxygen atoms in total. The SMILES string of the molecule is C=CC(=O)OC(OC(=O)C=C)(OC(=O)C=C)C1(C(=O)O)C=CC=CC1C(=O)O. The predicted molar refractivity (Wildman–Crippen MR) is 91.1 cm³/mol. The topological polar surface area (TPSA) is 154 Å². The molecular weight excluding hydrogens is 376 g/mol. The van der Waals surface area contributed by atoms with E-state index in [0.717, 1.165) is 18.2 Å². The van der Waals surface area contributed by atoms with Crippen LogP contribution in [-0.2, 0) is 38.2 Å². The minimum absolute atomic E-state index is 0.561. The Labute approximate surface area is 158 Å². The van der Waals surface area contributed by atoms with Gasteiger partial charge < -0.3 is 24.4 Å². The zero-order valence-corrected chi connectivity index (χ0v) is 14.4. The fourth-order valence-electron chi connectivity index (χ4n) is 2.38. The van der Waals surface area contributed by atoms with Gasteiger partial charge >= 0.3 is 35.8 Å². The summed E-state index contributed by atoms with van der Waals surface area (Å²) in [5, 5.41) is 19.4. The number of hydrogen-bond donors (Lipinski definition) is 2. The highest BCUT2D eigenvalue weighted by atomic mass is 16.9. The second kappa shape index (κ2) is 8.62. The van der Waals surface area contributed by atoms with Crippen LogP contribution in [0.2, 0.25) is 0 Å². The van der Waals surface area contributed by atoms with Crippen molar-refractivity contribution < 1.29 is 48.4 Å². The van der Waals surface area contributed by atoms with E-state index in [-0.39, 0.29) is 0 Å². The van der Waals surface area contributed by atoms with Gasteiger partial charge in [-0.25, -0.2) is 14.4 Å². The Morgan fingerprint density at radius 3 is 1.61 bits per heavy atom. The van der Waals surface area contributed by atoms with Crippen LogP contribution in [0.1, 0.15) is 0 Å². The monoisotopic (exact) mass is 392 g/mol. The van der Waals surface area contributed by atoms with Crippen LogP contribution < -0.4 is 0 Å². The molecule has 0 fully saturated rings. The maximum atomic E-state index is 12.2. The molecule has 1 rings (SSSR count). The predicted octanol–water partition coefficient (Wildman–Crippen LogP) is 0.726. The van der Waals surface area contributed by atoms with Crippen molar-refractivity contribution in [2.24, 2.45) is 11.3 Å². The highest BCUT2D eigenvalue weighted by molar-refractivity contribution is 5.92. The summed E-state index contributed by atoms with van der Waals surface area (Å²) in [4.78, 5) is 59.7. The Hall–Kier alpha value is -3.95. The van der Waals surface area contributed by atoms with Crippen molar-refractivity contribution in [3.63, 3.8) is 0 Å². The highest BCUT2D eigenvalue weighted by Gasteiger charge is 2.71. The summed E-state index contributed by atoms with van der Waals surface area (Å²) in [7, 11) is 0. The minimum Gasteiger partial charge on any atom is -0.481 e. The molecule has 2 unspecified atom stereocenters. The summed E-state index contributed by atoms with van der Waals surface area (Å²) < 4.78 is 14.5. The number of carbonyl (C=O) groups is 5. The fourth-order valence-corrected chi connectivity index (χ4v) is 2.38. The van der Waals surface area contributed by atoms with Gasteiger partial charge in [-0.15, -0.1) is 0 Å². The third-order valence-electron chi connectivity index (χ3n) is 3.60. The van der Waals surface area contributed by atoms with E-state index in [2.05, 4.69) is 19.7 Å². The lowest BCUT2D eigenvalue weighted by Crippen LogP contribution is -2.64. The van der Waals surface area contributed by atoms with E-state index in [0.29, 0.717) is 18.2 Å². The molecule has 0 aromatic carbocycles. The summed E-state index contributed by atoms with van der Waals surface area (Å²) in [6, 6.07) is 0. The maximum Gasteiger partial charge on any atom is 0.446 e. The second-order valence-electron chi connectivity index (χ2n) is 5.17. The molecule has 0 spiro atoms. The van der Waals surface area contributed by atoms with Gasteiger partial charge in [-0.3, -0.25) is 9.59 Å². The maximum absolute atomic E-state index is 12.2. The van der Waals surface area contributed by atoms with Crippen molar-refractivity contribution in [3.8, 4) is 0 Å². The first kappa shape index (κ1) is 22.1. The van der Waals surface area contributed by atoms with Crippen LogP contribution in [0.15, 0.2) is 62.3 Å². The molecule has 0 radical (unpaired) electrons. The van der Waals surface area contributed by atoms with E-state index < -0.39 is 47.2 Å². The molecule has 0 saturated carbocycles. The average molecular weight is 392 g/mol. The molecule has 0 aliphatic heterocycles. The van der Waals surface area contributed by atoms with Gasteiger partial charge in [-0.2, -0.15) is 0 Å². The molecule has 28 heavy (non-hydrogen) atoms. The molecule has 0 aromatic heterocycles. The third-order valence-corrected chi connectivity index (χ3v) is 3.60. The Kier molecular flexibility index (Phi) is 6.80. The van der Waals surface area contributed by atoms with Crippen molar-refractivity contribution in [2.75, 3.05) is 0 Å². The Balaban J connectivity index is 3.93. The van der Waals surface area contributed by atoms with E-state index in [9.17, 15) is 34.2 Å². The summed E-state index contributed by atoms with van der Waals surface area (Å²) in [6.07, 6.45) is 5.66. The van der Waals surface area contributed by atoms with Gasteiger partial charge in [0.1, 0.15) is 5.92 Å². The van der Waals surface area contributed by atoms with Crippen molar-refractivity contribution >= 4 is 29.8 Å². The van der Waals surface area contributed by atoms with Crippen molar-refractivity contribution in [3.05, 3.63) is 62.3 Å². The smallest absolute Gasteiger partial charge is 0.446 e. The van der Waals surface area contributed by atoms with Gasteiger partial charge in [-0.1, -0.05) is 44.0 Å². The van der Waals surface area contributed by atoms with Gasteiger partial charge in [0, 0.05) is 18.2 Å². The molecule has 148 valence electrons. The number of carbonyl (C=O) groups excluding carboxylic acids is 3. The third kappa shape index (κ3) is 3.90. The Morgan fingerprint density at radius 2 is 1.29 bits per heavy atom. The molecule has 2 atom stereocenters. The molecule has 0 heterocycles. The van der Waals surface area contributed by atoms with Crippen LogP contribution in [0.3, 0.4) is 0 Å². The van der Waals surface area contributed by atoms with E-state index >= 15 is 0 Å². The summed E-state index contributed by atoms with van der Waals surface area (Å²) in [5.41, 5.74) is -2.90. The van der Waals surface area contributed by atoms with E-state index in [1.165, 1.54) is 6.08 Å². The zero-order chi connectivity index (χ0) is 21.5. The first-order chi connectivity index (χ1) is 13.1. The number of hydrogen-bond acceptors (Lipinski definition) is 8. The highest BCUT2D eigenvalue weighted by Crippen LogP contribution is 2.48. The van der Waals surface area contributed by atoms with Crippen LogP contribution in [0, 0.1) is 11.3 Å². The van der Waals surface area contributed by atoms with E-state index in [1.54, 1.807) is 0 Å². The quantitative estimate of drug-likeness (QED) is 0.326. The van der Waals surface area contributed by atoms with Crippen LogP contribution in [-0.4, -0.2) is 46.0 Å². The number of rotatable bonds is 9. The second-order valence-corrected chi connectivity index (χ2v) is 5.17. The first-order valence-electron chi connectivity index (χ1n) is 7.48. The molecule has 0 bridgehead atoms. The lowest BCUT2D eigenvalue weighted by molar-refractivity contribution is -0.364. The summed E-state index contributed by atoms with van der Waals surface area (Å²) in [6.45, 7) is 9.36. The fraction of sp³-hybridized carbons (Fsp3) is 0.167. The minimum atomic E-state index is -3.37. The van der Waals surface area contributed by atoms with Gasteiger partial charge in [0.15, 0.2) is 0 Å². The molecule has 10 heteroatoms. The molecule has 0 saturated heterocycles. The van der Waals surface area contributed by atoms with Crippen LogP contribution >= 0.6 is 0 Å². The van der Waals surface area contributed by atoms with Crippen LogP contribution in [0.5, 0.6) is 0 Å². The standard InChI is InChI=1S/C18H16O10/c1-4-12(19)26-18(27-13(20)5-2,28-14(21)6-3)17(16(24)25)10-8-7-9-11(17)15(22)23/h4-11H,1-3H2,(H,22,23)(H,24,25). The normalized spacial score (nSPS) is 20.4. The lowest BCUT2D eigenvalue weighted by atomic mass is 9.70. The van der Waals surface area contributed by atoms with E-state index in [4.69, 9.17) is 14.2 Å². The summed E-state index contributed by atoms with van der Waals surface area (Å²) in [5.74, 6) is -13.1. The van der Waals surface area contributed by atoms with Crippen molar-refractivity contribution in [1.82, 2.24) is 0 Å². The Morgan fingerprint density at radius 1 is 0.857 bits per heavy atom. The summed E-state index contributed by atoms with van der Waals surface area (Å²) >= 11 is 0. The molecule has 2 N–H and O–H groups in total. The number of allylic oxidation sites excluding steroid dienone is 2. The van der Waals surface area contributed by atoms with Crippen molar-refractivity contribution in [2.45, 2.75) is 5.97 Å². The molecule has 0 aromatic rings. The van der Waals surface area contributed by atoms with Gasteiger partial charge in [0.25, 0.3) is 0 Å². The number of carboxylic acids is 2. The number of carboxylic acid groups (broad SMARTS) is 2. The largest absolute Gasteiger partial charge is 0.481 e. The first-order valence-corrected chi connectivity index (χ1v) is 7.48. The number of esters is 3. The Bertz CT molecular complexity index is 748. The average Bonchev–Trinajstić information content (AvgIpc) is 2.66. The lowest BCUT2D eigenvalue weighted by Gasteiger charge is -2.43. The van der Waals surface area contributed by atoms with Gasteiger partial charge in [-0.05, 0) is 0 Å². The zero-order valence-electron chi connectivity index (χ0n) is 14.4.